The number of anilines is 2. The van der Waals surface area contributed by atoms with Crippen LogP contribution >= 0.6 is 0 Å². The number of benzene rings is 1. The Labute approximate surface area is 253 Å². The van der Waals surface area contributed by atoms with Gasteiger partial charge in [-0.1, -0.05) is 0 Å². The van der Waals surface area contributed by atoms with E-state index in [1.54, 1.807) is 16.8 Å². The number of carboxylic acids is 1. The summed E-state index contributed by atoms with van der Waals surface area (Å²) in [6.45, 7) is 4.41. The molecule has 0 radical (unpaired) electrons. The first-order valence-electron chi connectivity index (χ1n) is 14.4. The largest absolute Gasteiger partial charge is 0.477 e. The fourth-order valence-electron chi connectivity index (χ4n) is 6.00. The summed E-state index contributed by atoms with van der Waals surface area (Å²) in [6.07, 6.45) is 5.93. The molecule has 2 saturated heterocycles. The molecule has 11 nitrogen and oxygen atoms in total. The second-order valence-corrected chi connectivity index (χ2v) is 11.8. The van der Waals surface area contributed by atoms with E-state index in [0.29, 0.717) is 35.9 Å². The lowest BCUT2D eigenvalue weighted by molar-refractivity contribution is 0.0695. The van der Waals surface area contributed by atoms with Gasteiger partial charge in [0, 0.05) is 43.5 Å². The predicted octanol–water partition coefficient (Wildman–Crippen LogP) is 3.68. The van der Waals surface area contributed by atoms with Crippen molar-refractivity contribution in [3.63, 3.8) is 0 Å². The van der Waals surface area contributed by atoms with E-state index >= 15 is 0 Å². The summed E-state index contributed by atoms with van der Waals surface area (Å²) in [5.41, 5.74) is 0.103. The number of pyridine rings is 3. The highest BCUT2D eigenvalue weighted by molar-refractivity contribution is 5.95. The molecule has 2 fully saturated rings. The van der Waals surface area contributed by atoms with Gasteiger partial charge in [-0.15, -0.1) is 0 Å². The van der Waals surface area contributed by atoms with Crippen LogP contribution in [0.3, 0.4) is 0 Å². The van der Waals surface area contributed by atoms with E-state index in [2.05, 4.69) is 25.8 Å². The van der Waals surface area contributed by atoms with E-state index in [4.69, 9.17) is 4.74 Å². The second kappa shape index (κ2) is 11.2. The number of aromatic nitrogens is 3. The van der Waals surface area contributed by atoms with Gasteiger partial charge in [0.1, 0.15) is 24.1 Å². The van der Waals surface area contributed by atoms with Crippen LogP contribution in [0, 0.1) is 17.1 Å². The summed E-state index contributed by atoms with van der Waals surface area (Å²) in [7, 11) is 4.09. The molecule has 2 aliphatic heterocycles. The number of nitriles is 1. The van der Waals surface area contributed by atoms with Crippen LogP contribution in [0.2, 0.25) is 0 Å². The number of carboxylic acid groups (broad SMARTS) is 1. The Morgan fingerprint density at radius 3 is 2.70 bits per heavy atom. The average Bonchev–Trinajstić information content (AvgIpc) is 3.37. The first-order chi connectivity index (χ1) is 21.1. The number of carbonyl (C=O) groups is 1. The maximum Gasteiger partial charge on any atom is 0.341 e. The zero-order valence-corrected chi connectivity index (χ0v) is 24.7. The van der Waals surface area contributed by atoms with Crippen molar-refractivity contribution in [2.45, 2.75) is 31.3 Å². The number of ether oxygens (including phenoxy) is 1. The third-order valence-electron chi connectivity index (χ3n) is 8.68. The van der Waals surface area contributed by atoms with E-state index in [1.807, 2.05) is 38.1 Å². The van der Waals surface area contributed by atoms with Crippen LogP contribution in [-0.4, -0.2) is 82.4 Å². The molecule has 1 aromatic carbocycles. The van der Waals surface area contributed by atoms with E-state index in [-0.39, 0.29) is 23.4 Å². The van der Waals surface area contributed by atoms with Gasteiger partial charge < -0.3 is 29.1 Å². The Kier molecular flexibility index (Phi) is 7.43. The van der Waals surface area contributed by atoms with Gasteiger partial charge >= 0.3 is 5.97 Å². The molecule has 3 aromatic heterocycles. The molecule has 0 saturated carbocycles. The van der Waals surface area contributed by atoms with Crippen molar-refractivity contribution in [2.24, 2.45) is 0 Å². The molecule has 1 atom stereocenters. The summed E-state index contributed by atoms with van der Waals surface area (Å²) in [5, 5.41) is 20.1. The van der Waals surface area contributed by atoms with Crippen LogP contribution < -0.4 is 20.0 Å². The van der Waals surface area contributed by atoms with Crippen LogP contribution in [0.1, 0.15) is 35.7 Å². The summed E-state index contributed by atoms with van der Waals surface area (Å²) >= 11 is 0. The monoisotopic (exact) mass is 597 g/mol. The van der Waals surface area contributed by atoms with E-state index < -0.39 is 28.3 Å². The minimum atomic E-state index is -1.36. The number of nitrogens with zero attached hydrogens (tertiary/aromatic N) is 7. The Hall–Kier alpha value is -5.02. The van der Waals surface area contributed by atoms with Crippen molar-refractivity contribution >= 4 is 28.4 Å². The predicted molar refractivity (Wildman–Crippen MR) is 163 cm³/mol. The van der Waals surface area contributed by atoms with Crippen LogP contribution in [0.4, 0.5) is 15.9 Å². The number of hydrogen-bond acceptors (Lipinski definition) is 9. The summed E-state index contributed by atoms with van der Waals surface area (Å²) in [4.78, 5) is 40.4. The molecule has 226 valence electrons. The van der Waals surface area contributed by atoms with Crippen molar-refractivity contribution < 1.29 is 19.0 Å². The summed E-state index contributed by atoms with van der Waals surface area (Å²) in [5.74, 6) is -1.21. The van der Waals surface area contributed by atoms with Gasteiger partial charge in [-0.3, -0.25) is 4.79 Å². The lowest BCUT2D eigenvalue weighted by Crippen LogP contribution is -2.57. The molecule has 44 heavy (non-hydrogen) atoms. The van der Waals surface area contributed by atoms with Crippen LogP contribution in [0.25, 0.3) is 16.6 Å². The lowest BCUT2D eigenvalue weighted by Gasteiger charge is -2.43. The van der Waals surface area contributed by atoms with Gasteiger partial charge in [0.25, 0.3) is 0 Å². The van der Waals surface area contributed by atoms with Crippen molar-refractivity contribution in [2.75, 3.05) is 50.1 Å². The average molecular weight is 598 g/mol. The summed E-state index contributed by atoms with van der Waals surface area (Å²) < 4.78 is 21.7. The van der Waals surface area contributed by atoms with E-state index in [9.17, 15) is 24.3 Å². The quantitative estimate of drug-likeness (QED) is 0.321. The van der Waals surface area contributed by atoms with Crippen LogP contribution in [-0.2, 0) is 0 Å². The molecule has 1 unspecified atom stereocenters. The van der Waals surface area contributed by atoms with E-state index in [1.165, 1.54) is 30.6 Å². The number of rotatable bonds is 8. The highest BCUT2D eigenvalue weighted by atomic mass is 19.1. The van der Waals surface area contributed by atoms with Crippen molar-refractivity contribution in [3.05, 3.63) is 82.2 Å². The molecule has 0 bridgehead atoms. The standard InChI is InChI=1S/C32H32FN7O4/c1-32(19-44-30-25(33)6-4-10-35-30)9-5-11-40(32)26-13-27-23(12-20(26)14-34)29(41)24(31(42)43)18-39(27)21-7-8-28(36-15-21)38-16-22(17-38)37(2)3/h4,6-8,10,12-13,15,18,22H,5,9,11,16-17,19H2,1-3H3,(H,42,43). The summed E-state index contributed by atoms with van der Waals surface area (Å²) in [6, 6.07) is 12.3. The maximum atomic E-state index is 14.2. The molecule has 0 aliphatic carbocycles. The number of aromatic carboxylic acids is 1. The van der Waals surface area contributed by atoms with Gasteiger partial charge in [0.15, 0.2) is 5.82 Å². The zero-order valence-electron chi connectivity index (χ0n) is 24.7. The minimum Gasteiger partial charge on any atom is -0.477 e. The van der Waals surface area contributed by atoms with Crippen molar-refractivity contribution in [3.8, 4) is 17.6 Å². The van der Waals surface area contributed by atoms with Crippen molar-refractivity contribution in [1.82, 2.24) is 19.4 Å². The van der Waals surface area contributed by atoms with Crippen molar-refractivity contribution in [1.29, 1.82) is 5.26 Å². The Morgan fingerprint density at radius 1 is 1.25 bits per heavy atom. The SMILES string of the molecule is CN(C)C1CN(c2ccc(-n3cc(C(=O)O)c(=O)c4cc(C#N)c(N5CCCC5(C)COc5ncccc5F)cc43)cn2)C1. The fourth-order valence-corrected chi connectivity index (χ4v) is 6.00. The third-order valence-corrected chi connectivity index (χ3v) is 8.68. The second-order valence-electron chi connectivity index (χ2n) is 11.8. The first kappa shape index (κ1) is 29.1. The van der Waals surface area contributed by atoms with Crippen LogP contribution in [0.5, 0.6) is 5.88 Å². The molecule has 5 heterocycles. The molecule has 1 N–H and O–H groups in total. The smallest absolute Gasteiger partial charge is 0.341 e. The lowest BCUT2D eigenvalue weighted by atomic mass is 9.97. The van der Waals surface area contributed by atoms with Gasteiger partial charge in [0.05, 0.1) is 34.2 Å². The van der Waals surface area contributed by atoms with Gasteiger partial charge in [-0.2, -0.15) is 5.26 Å². The van der Waals surface area contributed by atoms with Crippen LogP contribution in [0.15, 0.2) is 59.8 Å². The number of likely N-dealkylation sites (N-methyl/N-ethyl adjacent to an activating group) is 1. The Balaban J connectivity index is 1.42. The highest BCUT2D eigenvalue weighted by Crippen LogP contribution is 2.38. The number of fused-ring (bicyclic) bond motifs is 1. The molecule has 0 amide bonds. The zero-order chi connectivity index (χ0) is 31.2. The molecule has 2 aliphatic rings. The molecule has 6 rings (SSSR count). The van der Waals surface area contributed by atoms with E-state index in [0.717, 1.165) is 25.3 Å². The molecular formula is C32H32FN7O4. The Morgan fingerprint density at radius 2 is 2.05 bits per heavy atom. The topological polar surface area (TPSA) is 128 Å². The molecule has 12 heteroatoms. The highest BCUT2D eigenvalue weighted by Gasteiger charge is 2.39. The van der Waals surface area contributed by atoms with Gasteiger partial charge in [-0.05, 0) is 70.3 Å². The Bertz CT molecular complexity index is 1850. The molecular weight excluding hydrogens is 565 g/mol. The number of hydrogen-bond donors (Lipinski definition) is 1. The van der Waals surface area contributed by atoms with Gasteiger partial charge in [-0.25, -0.2) is 19.2 Å². The normalized spacial score (nSPS) is 18.5. The van der Waals surface area contributed by atoms with Gasteiger partial charge in [0.2, 0.25) is 11.3 Å². The minimum absolute atomic E-state index is 0.0963. The molecule has 0 spiro atoms. The molecule has 4 aromatic rings. The fraction of sp³-hybridized carbons (Fsp3) is 0.344. The third kappa shape index (κ3) is 5.09. The first-order valence-corrected chi connectivity index (χ1v) is 14.4. The maximum absolute atomic E-state index is 14.2. The number of halogens is 1.